The lowest BCUT2D eigenvalue weighted by Gasteiger charge is -2.50. The second-order valence-electron chi connectivity index (χ2n) is 14.7. The lowest BCUT2D eigenvalue weighted by Crippen LogP contribution is -2.53. The number of halogens is 5. The number of aryl methyl sites for hydroxylation is 2. The third-order valence-corrected chi connectivity index (χ3v) is 12.2. The van der Waals surface area contributed by atoms with E-state index in [-0.39, 0.29) is 42.8 Å². The van der Waals surface area contributed by atoms with Gasteiger partial charge in [0.1, 0.15) is 5.75 Å². The average Bonchev–Trinajstić information content (AvgIpc) is 3.51. The predicted molar refractivity (Wildman–Crippen MR) is 196 cm³/mol. The predicted octanol–water partition coefficient (Wildman–Crippen LogP) is 7.91. The molecular formula is C41H33Cl2F3N4O5. The number of carbonyl (C=O) groups excluding carboxylic acids is 4. The molecule has 6 atom stereocenters. The Morgan fingerprint density at radius 1 is 0.909 bits per heavy atom. The summed E-state index contributed by atoms with van der Waals surface area (Å²) in [6, 6.07) is 19.9. The third kappa shape index (κ3) is 5.71. The number of anilines is 1. The van der Waals surface area contributed by atoms with Gasteiger partial charge in [-0.3, -0.25) is 29.5 Å². The number of rotatable bonds is 6. The van der Waals surface area contributed by atoms with E-state index in [0.29, 0.717) is 45.1 Å². The van der Waals surface area contributed by atoms with Gasteiger partial charge in [0, 0.05) is 17.1 Å². The van der Waals surface area contributed by atoms with Crippen LogP contribution < -0.4 is 5.43 Å². The van der Waals surface area contributed by atoms with Crippen molar-refractivity contribution in [2.75, 3.05) is 5.43 Å². The molecule has 4 amide bonds. The first kappa shape index (κ1) is 36.8. The van der Waals surface area contributed by atoms with Crippen LogP contribution in [-0.4, -0.2) is 43.6 Å². The Morgan fingerprint density at radius 3 is 2.22 bits per heavy atom. The number of hydrogen-bond acceptors (Lipinski definition) is 7. The van der Waals surface area contributed by atoms with Crippen LogP contribution in [0.15, 0.2) is 90.6 Å². The Morgan fingerprint density at radius 2 is 1.58 bits per heavy atom. The van der Waals surface area contributed by atoms with Gasteiger partial charge in [-0.1, -0.05) is 89.4 Å². The Labute approximate surface area is 323 Å². The van der Waals surface area contributed by atoms with Crippen molar-refractivity contribution in [1.29, 1.82) is 0 Å². The minimum Gasteiger partial charge on any atom is -0.507 e. The molecule has 8 rings (SSSR count). The first-order chi connectivity index (χ1) is 26.1. The fraction of sp³-hybridized carbons (Fsp3) is 0.293. The maximum absolute atomic E-state index is 15.3. The van der Waals surface area contributed by atoms with Crippen LogP contribution in [0.5, 0.6) is 5.75 Å². The fourth-order valence-corrected chi connectivity index (χ4v) is 9.64. The normalized spacial score (nSPS) is 26.2. The number of fused-ring (bicyclic) bond motifs is 4. The number of allylic oxidation sites excluding steroid dienone is 2. The van der Waals surface area contributed by atoms with E-state index in [1.807, 2.05) is 36.4 Å². The summed E-state index contributed by atoms with van der Waals surface area (Å²) in [5.74, 6) is -6.61. The Hall–Kier alpha value is -5.20. The summed E-state index contributed by atoms with van der Waals surface area (Å²) in [5.41, 5.74) is 3.38. The maximum Gasteiger partial charge on any atom is 0.417 e. The number of phenols is 1. The zero-order chi connectivity index (χ0) is 39.1. The number of hydrogen-bond donors (Lipinski definition) is 2. The molecule has 2 aliphatic heterocycles. The second-order valence-corrected chi connectivity index (χ2v) is 15.5. The molecule has 6 unspecified atom stereocenters. The van der Waals surface area contributed by atoms with Crippen LogP contribution in [0, 0.1) is 37.5 Å². The zero-order valence-corrected chi connectivity index (χ0v) is 30.9. The molecule has 1 saturated carbocycles. The smallest absolute Gasteiger partial charge is 0.417 e. The van der Waals surface area contributed by atoms with Crippen LogP contribution >= 0.6 is 23.2 Å². The molecule has 0 bridgehead atoms. The van der Waals surface area contributed by atoms with Gasteiger partial charge in [-0.2, -0.15) is 18.2 Å². The summed E-state index contributed by atoms with van der Waals surface area (Å²) in [4.78, 5) is 63.7. The SMILES string of the molecule is Cc1cc(C2C3=CCC4C(=O)N(Cc5ccccc5)C(=O)C4C3CC3C(=O)N(Nc4ncc(C(F)(F)F)cc4Cl)C(=O)C32c2ccc(Cl)cc2)cc(C)c1O. The summed E-state index contributed by atoms with van der Waals surface area (Å²) < 4.78 is 40.5. The van der Waals surface area contributed by atoms with Gasteiger partial charge in [-0.15, -0.1) is 0 Å². The standard InChI is InChI=1S/C41H33Cl2F3N4O5/c1-20-14-23(15-21(2)34(20)51)33-27-12-13-28-32(38(54)49(36(28)52)19-22-6-4-3-5-7-22)29(27)17-30-37(53)50(39(55)40(30,33)24-8-10-26(42)11-9-24)48-35-31(43)16-25(18-47-35)41(44,45)46/h3-12,14-16,18,28-30,32-33,51H,13,17,19H2,1-2H3,(H,47,48). The number of nitrogens with zero attached hydrogens (tertiary/aromatic N) is 3. The quantitative estimate of drug-likeness (QED) is 0.151. The number of aromatic hydroxyl groups is 1. The van der Waals surface area contributed by atoms with E-state index >= 15 is 4.79 Å². The van der Waals surface area contributed by atoms with Crippen LogP contribution in [0.25, 0.3) is 0 Å². The molecule has 282 valence electrons. The highest BCUT2D eigenvalue weighted by molar-refractivity contribution is 6.33. The zero-order valence-electron chi connectivity index (χ0n) is 29.4. The van der Waals surface area contributed by atoms with Crippen molar-refractivity contribution in [2.45, 2.75) is 50.7 Å². The summed E-state index contributed by atoms with van der Waals surface area (Å²) in [7, 11) is 0. The maximum atomic E-state index is 15.3. The van der Waals surface area contributed by atoms with E-state index in [1.165, 1.54) is 4.90 Å². The molecule has 2 saturated heterocycles. The fourth-order valence-electron chi connectivity index (χ4n) is 9.30. The topological polar surface area (TPSA) is 120 Å². The molecule has 0 spiro atoms. The average molecular weight is 790 g/mol. The molecule has 4 aromatic rings. The van der Waals surface area contributed by atoms with Crippen molar-refractivity contribution in [1.82, 2.24) is 14.9 Å². The minimum atomic E-state index is -4.74. The highest BCUT2D eigenvalue weighted by Gasteiger charge is 2.70. The number of aromatic nitrogens is 1. The van der Waals surface area contributed by atoms with Gasteiger partial charge in [-0.05, 0) is 78.6 Å². The number of carbonyl (C=O) groups is 4. The molecule has 2 N–H and O–H groups in total. The molecule has 2 aliphatic carbocycles. The van der Waals surface area contributed by atoms with Crippen LogP contribution in [-0.2, 0) is 37.3 Å². The number of imide groups is 2. The van der Waals surface area contributed by atoms with Gasteiger partial charge in [0.05, 0.1) is 40.3 Å². The van der Waals surface area contributed by atoms with Crippen molar-refractivity contribution < 1.29 is 37.5 Å². The van der Waals surface area contributed by atoms with Crippen LogP contribution in [0.2, 0.25) is 10.0 Å². The minimum absolute atomic E-state index is 0.00268. The molecule has 55 heavy (non-hydrogen) atoms. The van der Waals surface area contributed by atoms with Gasteiger partial charge < -0.3 is 5.11 Å². The Bertz CT molecular complexity index is 2300. The molecule has 1 aromatic heterocycles. The monoisotopic (exact) mass is 788 g/mol. The third-order valence-electron chi connectivity index (χ3n) is 11.7. The second kappa shape index (κ2) is 13.2. The first-order valence-electron chi connectivity index (χ1n) is 17.7. The number of pyridine rings is 1. The molecule has 3 aromatic carbocycles. The molecule has 4 aliphatic rings. The van der Waals surface area contributed by atoms with E-state index in [1.54, 1.807) is 50.2 Å². The van der Waals surface area contributed by atoms with Gasteiger partial charge in [0.15, 0.2) is 5.82 Å². The number of alkyl halides is 3. The Balaban J connectivity index is 1.30. The molecule has 9 nitrogen and oxygen atoms in total. The molecule has 14 heteroatoms. The van der Waals surface area contributed by atoms with Crippen molar-refractivity contribution in [3.63, 3.8) is 0 Å². The van der Waals surface area contributed by atoms with E-state index in [0.717, 1.165) is 10.6 Å². The molecule has 3 heterocycles. The summed E-state index contributed by atoms with van der Waals surface area (Å²) >= 11 is 12.6. The van der Waals surface area contributed by atoms with E-state index in [9.17, 15) is 32.7 Å². The lowest BCUT2D eigenvalue weighted by molar-refractivity contribution is -0.142. The molecular weight excluding hydrogens is 756 g/mol. The number of likely N-dealkylation sites (tertiary alicyclic amines) is 1. The first-order valence-corrected chi connectivity index (χ1v) is 18.4. The lowest BCUT2D eigenvalue weighted by atomic mass is 9.49. The number of benzene rings is 3. The van der Waals surface area contributed by atoms with Gasteiger partial charge in [0.2, 0.25) is 11.8 Å². The molecule has 0 radical (unpaired) electrons. The van der Waals surface area contributed by atoms with E-state index < -0.39 is 63.6 Å². The van der Waals surface area contributed by atoms with Crippen molar-refractivity contribution in [3.8, 4) is 5.75 Å². The summed E-state index contributed by atoms with van der Waals surface area (Å²) in [6.07, 6.45) is -2.06. The number of hydrazine groups is 1. The van der Waals surface area contributed by atoms with Gasteiger partial charge in [-0.25, -0.2) is 4.98 Å². The van der Waals surface area contributed by atoms with Crippen LogP contribution in [0.4, 0.5) is 19.0 Å². The van der Waals surface area contributed by atoms with E-state index in [2.05, 4.69) is 10.4 Å². The highest BCUT2D eigenvalue weighted by Crippen LogP contribution is 2.64. The number of amides is 4. The van der Waals surface area contributed by atoms with Crippen LogP contribution in [0.1, 0.15) is 52.1 Å². The summed E-state index contributed by atoms with van der Waals surface area (Å²) in [6.45, 7) is 3.53. The number of nitrogens with one attached hydrogen (secondary N) is 1. The Kier molecular flexibility index (Phi) is 8.84. The highest BCUT2D eigenvalue weighted by atomic mass is 35.5. The van der Waals surface area contributed by atoms with Crippen molar-refractivity contribution >= 4 is 52.6 Å². The van der Waals surface area contributed by atoms with Crippen molar-refractivity contribution in [2.24, 2.45) is 23.7 Å². The van der Waals surface area contributed by atoms with Crippen molar-refractivity contribution in [3.05, 3.63) is 134 Å². The number of phenolic OH excluding ortho intramolecular Hbond substituents is 1. The summed E-state index contributed by atoms with van der Waals surface area (Å²) in [5, 5.41) is 11.5. The van der Waals surface area contributed by atoms with Gasteiger partial charge >= 0.3 is 6.18 Å². The van der Waals surface area contributed by atoms with E-state index in [4.69, 9.17) is 23.2 Å². The largest absolute Gasteiger partial charge is 0.507 e. The van der Waals surface area contributed by atoms with Crippen LogP contribution in [0.3, 0.4) is 0 Å². The van der Waals surface area contributed by atoms with Gasteiger partial charge in [0.25, 0.3) is 11.8 Å². The molecule has 3 fully saturated rings.